The molecular formula is C13H10F3NO2. The van der Waals surface area contributed by atoms with Crippen molar-refractivity contribution < 1.29 is 23.1 Å². The maximum atomic E-state index is 12.9. The number of carbonyl (C=O) groups is 1. The fourth-order valence-corrected chi connectivity index (χ4v) is 1.84. The molecule has 0 bridgehead atoms. The number of alkyl halides is 3. The molecule has 0 aromatic heterocycles. The van der Waals surface area contributed by atoms with Crippen molar-refractivity contribution in [3.8, 4) is 0 Å². The van der Waals surface area contributed by atoms with Gasteiger partial charge in [0.15, 0.2) is 0 Å². The molecule has 0 aliphatic heterocycles. The Hall–Kier alpha value is -2.08. The molecular weight excluding hydrogens is 259 g/mol. The van der Waals surface area contributed by atoms with Gasteiger partial charge in [-0.05, 0) is 22.4 Å². The highest BCUT2D eigenvalue weighted by Crippen LogP contribution is 2.38. The molecule has 0 heterocycles. The Morgan fingerprint density at radius 1 is 1.05 bits per heavy atom. The number of carboxylic acids is 1. The van der Waals surface area contributed by atoms with E-state index in [0.29, 0.717) is 10.8 Å². The number of halogens is 3. The second-order valence-corrected chi connectivity index (χ2v) is 4.17. The lowest BCUT2D eigenvalue weighted by atomic mass is 9.89. The van der Waals surface area contributed by atoms with Gasteiger partial charge in [-0.3, -0.25) is 0 Å². The molecule has 0 amide bonds. The quantitative estimate of drug-likeness (QED) is 0.881. The Morgan fingerprint density at radius 3 is 2.16 bits per heavy atom. The number of benzene rings is 2. The number of nitrogens with two attached hydrogens (primary N) is 1. The van der Waals surface area contributed by atoms with Gasteiger partial charge >= 0.3 is 12.1 Å². The molecule has 0 fully saturated rings. The number of carboxylic acid groups (broad SMARTS) is 1. The minimum Gasteiger partial charge on any atom is -0.479 e. The summed E-state index contributed by atoms with van der Waals surface area (Å²) in [5, 5.41) is 10.1. The maximum absolute atomic E-state index is 12.9. The molecule has 2 aromatic carbocycles. The van der Waals surface area contributed by atoms with Crippen molar-refractivity contribution in [1.29, 1.82) is 0 Å². The van der Waals surface area contributed by atoms with E-state index < -0.39 is 23.2 Å². The highest BCUT2D eigenvalue weighted by molar-refractivity contribution is 5.87. The smallest absolute Gasteiger partial charge is 0.421 e. The predicted octanol–water partition coefficient (Wildman–Crippen LogP) is 2.64. The average molecular weight is 269 g/mol. The van der Waals surface area contributed by atoms with Crippen molar-refractivity contribution in [1.82, 2.24) is 0 Å². The fraction of sp³-hybridized carbons (Fsp3) is 0.154. The van der Waals surface area contributed by atoms with Crippen molar-refractivity contribution in [2.45, 2.75) is 11.7 Å². The molecule has 0 saturated carbocycles. The first-order chi connectivity index (χ1) is 8.76. The zero-order valence-electron chi connectivity index (χ0n) is 9.61. The lowest BCUT2D eigenvalue weighted by Crippen LogP contribution is -2.56. The minimum atomic E-state index is -5.08. The molecule has 0 saturated heterocycles. The first-order valence-corrected chi connectivity index (χ1v) is 5.35. The van der Waals surface area contributed by atoms with Crippen LogP contribution in [0.15, 0.2) is 42.5 Å². The van der Waals surface area contributed by atoms with Gasteiger partial charge in [-0.2, -0.15) is 13.2 Å². The van der Waals surface area contributed by atoms with Crippen LogP contribution in [0.25, 0.3) is 10.8 Å². The van der Waals surface area contributed by atoms with Gasteiger partial charge in [0, 0.05) is 0 Å². The molecule has 0 aliphatic rings. The van der Waals surface area contributed by atoms with Gasteiger partial charge in [-0.25, -0.2) is 4.79 Å². The Bertz CT molecular complexity index is 639. The summed E-state index contributed by atoms with van der Waals surface area (Å²) in [5.41, 5.74) is 1.21. The summed E-state index contributed by atoms with van der Waals surface area (Å²) in [6, 6.07) is 10.3. The van der Waals surface area contributed by atoms with Gasteiger partial charge in [0.2, 0.25) is 5.54 Å². The maximum Gasteiger partial charge on any atom is 0.421 e. The van der Waals surface area contributed by atoms with Crippen LogP contribution < -0.4 is 5.73 Å². The molecule has 2 rings (SSSR count). The summed E-state index contributed by atoms with van der Waals surface area (Å²) >= 11 is 0. The van der Waals surface area contributed by atoms with Gasteiger partial charge in [0.25, 0.3) is 0 Å². The molecule has 100 valence electrons. The molecule has 0 aliphatic carbocycles. The van der Waals surface area contributed by atoms with Crippen LogP contribution in [0, 0.1) is 0 Å². The Kier molecular flexibility index (Phi) is 2.98. The topological polar surface area (TPSA) is 63.3 Å². The highest BCUT2D eigenvalue weighted by atomic mass is 19.4. The van der Waals surface area contributed by atoms with Crippen molar-refractivity contribution in [3.63, 3.8) is 0 Å². The van der Waals surface area contributed by atoms with Crippen molar-refractivity contribution >= 4 is 16.7 Å². The third-order valence-corrected chi connectivity index (χ3v) is 2.99. The number of aliphatic carboxylic acids is 1. The Balaban J connectivity index is 2.67. The van der Waals surface area contributed by atoms with Crippen LogP contribution in [0.4, 0.5) is 13.2 Å². The van der Waals surface area contributed by atoms with Crippen LogP contribution in [-0.2, 0) is 10.3 Å². The average Bonchev–Trinajstić information content (AvgIpc) is 2.35. The van der Waals surface area contributed by atoms with Crippen LogP contribution in [-0.4, -0.2) is 17.3 Å². The lowest BCUT2D eigenvalue weighted by Gasteiger charge is -2.28. The van der Waals surface area contributed by atoms with Crippen molar-refractivity contribution in [2.24, 2.45) is 5.73 Å². The van der Waals surface area contributed by atoms with Crippen LogP contribution in [0.3, 0.4) is 0 Å². The second-order valence-electron chi connectivity index (χ2n) is 4.17. The molecule has 0 spiro atoms. The van der Waals surface area contributed by atoms with E-state index in [1.165, 1.54) is 6.07 Å². The highest BCUT2D eigenvalue weighted by Gasteiger charge is 2.59. The monoisotopic (exact) mass is 269 g/mol. The standard InChI is InChI=1S/C13H10F3NO2/c14-13(15,16)12(17,11(18)19)10-6-5-8-3-1-2-4-9(8)7-10/h1-7H,17H2,(H,18,19). The molecule has 0 radical (unpaired) electrons. The first-order valence-electron chi connectivity index (χ1n) is 5.35. The number of rotatable bonds is 2. The second kappa shape index (κ2) is 4.24. The summed E-state index contributed by atoms with van der Waals surface area (Å²) in [7, 11) is 0. The van der Waals surface area contributed by atoms with Gasteiger partial charge in [0.05, 0.1) is 0 Å². The van der Waals surface area contributed by atoms with E-state index in [0.717, 1.165) is 12.1 Å². The molecule has 1 unspecified atom stereocenters. The van der Waals surface area contributed by atoms with E-state index in [-0.39, 0.29) is 0 Å². The summed E-state index contributed by atoms with van der Waals surface area (Å²) in [6.07, 6.45) is -5.08. The zero-order chi connectivity index (χ0) is 14.3. The normalized spacial score (nSPS) is 15.2. The summed E-state index contributed by atoms with van der Waals surface area (Å²) in [6.45, 7) is 0. The molecule has 2 aromatic rings. The predicted molar refractivity (Wildman–Crippen MR) is 63.5 cm³/mol. The van der Waals surface area contributed by atoms with Crippen molar-refractivity contribution in [3.05, 3.63) is 48.0 Å². The molecule has 3 N–H and O–H groups in total. The van der Waals surface area contributed by atoms with E-state index in [1.54, 1.807) is 24.3 Å². The van der Waals surface area contributed by atoms with Gasteiger partial charge < -0.3 is 10.8 Å². The summed E-state index contributed by atoms with van der Waals surface area (Å²) in [5.74, 6) is -2.13. The molecule has 19 heavy (non-hydrogen) atoms. The van der Waals surface area contributed by atoms with Crippen LogP contribution in [0.2, 0.25) is 0 Å². The first kappa shape index (κ1) is 13.4. The molecule has 1 atom stereocenters. The third-order valence-electron chi connectivity index (χ3n) is 2.99. The van der Waals surface area contributed by atoms with Crippen LogP contribution >= 0.6 is 0 Å². The van der Waals surface area contributed by atoms with Crippen LogP contribution in [0.5, 0.6) is 0 Å². The lowest BCUT2D eigenvalue weighted by molar-refractivity contribution is -0.204. The number of fused-ring (bicyclic) bond motifs is 1. The van der Waals surface area contributed by atoms with Crippen molar-refractivity contribution in [2.75, 3.05) is 0 Å². The minimum absolute atomic E-state index is 0.494. The summed E-state index contributed by atoms with van der Waals surface area (Å²) in [4.78, 5) is 11.0. The largest absolute Gasteiger partial charge is 0.479 e. The van der Waals surface area contributed by atoms with Crippen LogP contribution in [0.1, 0.15) is 5.56 Å². The van der Waals surface area contributed by atoms with Gasteiger partial charge in [-0.1, -0.05) is 36.4 Å². The third kappa shape index (κ3) is 2.04. The van der Waals surface area contributed by atoms with Gasteiger partial charge in [-0.15, -0.1) is 0 Å². The zero-order valence-corrected chi connectivity index (χ0v) is 9.61. The van der Waals surface area contributed by atoms with E-state index in [9.17, 15) is 18.0 Å². The van der Waals surface area contributed by atoms with E-state index in [4.69, 9.17) is 10.8 Å². The Labute approximate surface area is 106 Å². The van der Waals surface area contributed by atoms with Gasteiger partial charge in [0.1, 0.15) is 0 Å². The van der Waals surface area contributed by atoms with E-state index in [2.05, 4.69) is 0 Å². The summed E-state index contributed by atoms with van der Waals surface area (Å²) < 4.78 is 38.8. The number of hydrogen-bond donors (Lipinski definition) is 2. The number of hydrogen-bond acceptors (Lipinski definition) is 2. The molecule has 3 nitrogen and oxygen atoms in total. The van der Waals surface area contributed by atoms with E-state index >= 15 is 0 Å². The fourth-order valence-electron chi connectivity index (χ4n) is 1.84. The SMILES string of the molecule is NC(C(=O)O)(c1ccc2ccccc2c1)C(F)(F)F. The Morgan fingerprint density at radius 2 is 1.63 bits per heavy atom. The molecule has 6 heteroatoms. The van der Waals surface area contributed by atoms with E-state index in [1.807, 2.05) is 0 Å².